The van der Waals surface area contributed by atoms with Crippen molar-refractivity contribution < 1.29 is 14.3 Å². The van der Waals surface area contributed by atoms with Crippen LogP contribution in [0.5, 0.6) is 0 Å². The van der Waals surface area contributed by atoms with Gasteiger partial charge in [-0.2, -0.15) is 0 Å². The minimum absolute atomic E-state index is 0.670. The molecule has 0 spiro atoms. The van der Waals surface area contributed by atoms with Crippen LogP contribution < -0.4 is 0 Å². The third-order valence-electron chi connectivity index (χ3n) is 0.960. The Kier molecular flexibility index (Phi) is 4.96. The Balaban J connectivity index is 3.21. The second-order valence-corrected chi connectivity index (χ2v) is 3.63. The van der Waals surface area contributed by atoms with Crippen LogP contribution in [-0.4, -0.2) is 39.3 Å². The summed E-state index contributed by atoms with van der Waals surface area (Å²) in [5.41, 5.74) is 0. The van der Waals surface area contributed by atoms with Gasteiger partial charge in [0.15, 0.2) is 0 Å². The van der Waals surface area contributed by atoms with Crippen molar-refractivity contribution in [3.05, 3.63) is 0 Å². The highest BCUT2D eigenvalue weighted by molar-refractivity contribution is 6.28. The molecule has 0 rings (SSSR count). The van der Waals surface area contributed by atoms with Gasteiger partial charge in [0.2, 0.25) is 0 Å². The first kappa shape index (κ1) is 9.45. The molecule has 0 heterocycles. The number of rotatable bonds is 4. The fourth-order valence-electron chi connectivity index (χ4n) is 0.401. The molecule has 0 aromatic rings. The van der Waals surface area contributed by atoms with Crippen molar-refractivity contribution in [2.75, 3.05) is 13.7 Å². The van der Waals surface area contributed by atoms with E-state index in [0.717, 1.165) is 6.42 Å². The Morgan fingerprint density at radius 2 is 2.40 bits per heavy atom. The van der Waals surface area contributed by atoms with Gasteiger partial charge < -0.3 is 14.1 Å². The SMILES string of the molecule is CCCO[SiH2]N(C)C(=O)O. The fraction of sp³-hybridized carbons (Fsp3) is 0.800. The molecule has 0 radical (unpaired) electrons. The molecule has 0 aromatic carbocycles. The second kappa shape index (κ2) is 5.25. The zero-order chi connectivity index (χ0) is 7.98. The summed E-state index contributed by atoms with van der Waals surface area (Å²) in [6, 6.07) is 0. The number of amides is 1. The summed E-state index contributed by atoms with van der Waals surface area (Å²) in [6.07, 6.45) is 0.0447. The molecule has 0 atom stereocenters. The molecule has 0 bridgehead atoms. The lowest BCUT2D eigenvalue weighted by Crippen LogP contribution is -2.30. The molecule has 1 N–H and O–H groups in total. The molecule has 0 aromatic heterocycles. The van der Waals surface area contributed by atoms with Gasteiger partial charge in [-0.3, -0.25) is 0 Å². The van der Waals surface area contributed by atoms with Crippen molar-refractivity contribution in [1.29, 1.82) is 0 Å². The lowest BCUT2D eigenvalue weighted by Gasteiger charge is -2.11. The van der Waals surface area contributed by atoms with Gasteiger partial charge in [-0.1, -0.05) is 6.92 Å². The first-order valence-corrected chi connectivity index (χ1v) is 4.41. The van der Waals surface area contributed by atoms with Gasteiger partial charge in [0.1, 0.15) is 0 Å². The molecular formula is C5H13NO3Si. The zero-order valence-electron chi connectivity index (χ0n) is 6.33. The predicted molar refractivity (Wildman–Crippen MR) is 40.6 cm³/mol. The standard InChI is InChI=1S/C5H13NO3Si/c1-3-4-9-10-6(2)5(7)8/h3-4,10H2,1-2H3,(H,7,8). The van der Waals surface area contributed by atoms with Crippen molar-refractivity contribution in [3.63, 3.8) is 0 Å². The van der Waals surface area contributed by atoms with Gasteiger partial charge in [-0.25, -0.2) is 4.79 Å². The average molecular weight is 163 g/mol. The van der Waals surface area contributed by atoms with Crippen molar-refractivity contribution in [1.82, 2.24) is 4.57 Å². The number of carbonyl (C=O) groups is 1. The summed E-state index contributed by atoms with van der Waals surface area (Å²) in [4.78, 5) is 10.2. The van der Waals surface area contributed by atoms with E-state index in [4.69, 9.17) is 9.53 Å². The van der Waals surface area contributed by atoms with E-state index in [1.165, 1.54) is 11.6 Å². The summed E-state index contributed by atoms with van der Waals surface area (Å²) >= 11 is 0. The van der Waals surface area contributed by atoms with Gasteiger partial charge in [0.25, 0.3) is 9.92 Å². The van der Waals surface area contributed by atoms with E-state index < -0.39 is 16.0 Å². The van der Waals surface area contributed by atoms with E-state index >= 15 is 0 Å². The topological polar surface area (TPSA) is 49.8 Å². The van der Waals surface area contributed by atoms with Crippen molar-refractivity contribution in [2.45, 2.75) is 13.3 Å². The van der Waals surface area contributed by atoms with Crippen LogP contribution >= 0.6 is 0 Å². The lowest BCUT2D eigenvalue weighted by atomic mass is 10.5. The predicted octanol–water partition coefficient (Wildman–Crippen LogP) is 0.0216. The van der Waals surface area contributed by atoms with E-state index in [9.17, 15) is 4.79 Å². The maximum atomic E-state index is 10.2. The third-order valence-corrected chi connectivity index (χ3v) is 2.09. The van der Waals surface area contributed by atoms with Crippen LogP contribution in [0, 0.1) is 0 Å². The summed E-state index contributed by atoms with van der Waals surface area (Å²) in [6.45, 7) is 2.67. The van der Waals surface area contributed by atoms with Crippen molar-refractivity contribution in [3.8, 4) is 0 Å². The monoisotopic (exact) mass is 163 g/mol. The Morgan fingerprint density at radius 3 is 2.80 bits per heavy atom. The molecule has 60 valence electrons. The Morgan fingerprint density at radius 1 is 1.80 bits per heavy atom. The minimum Gasteiger partial charge on any atom is -0.465 e. The van der Waals surface area contributed by atoms with Crippen LogP contribution in [0.4, 0.5) is 4.79 Å². The molecule has 0 unspecified atom stereocenters. The molecule has 0 aliphatic carbocycles. The van der Waals surface area contributed by atoms with Crippen LogP contribution in [-0.2, 0) is 4.43 Å². The highest BCUT2D eigenvalue weighted by Crippen LogP contribution is 1.83. The summed E-state index contributed by atoms with van der Waals surface area (Å²) in [7, 11) is 0.543. The zero-order valence-corrected chi connectivity index (χ0v) is 7.75. The summed E-state index contributed by atoms with van der Waals surface area (Å²) in [5, 5.41) is 8.36. The van der Waals surface area contributed by atoms with Crippen LogP contribution in [0.2, 0.25) is 0 Å². The van der Waals surface area contributed by atoms with Crippen LogP contribution in [0.15, 0.2) is 0 Å². The smallest absolute Gasteiger partial charge is 0.400 e. The highest BCUT2D eigenvalue weighted by Gasteiger charge is 2.03. The normalized spacial score (nSPS) is 10.6. The number of hydrogen-bond donors (Lipinski definition) is 1. The fourth-order valence-corrected chi connectivity index (χ4v) is 1.20. The quantitative estimate of drug-likeness (QED) is 0.469. The summed E-state index contributed by atoms with van der Waals surface area (Å²) < 4.78 is 6.32. The van der Waals surface area contributed by atoms with E-state index in [1.807, 2.05) is 6.92 Å². The number of carboxylic acid groups (broad SMARTS) is 1. The van der Waals surface area contributed by atoms with Crippen molar-refractivity contribution >= 4 is 16.0 Å². The summed E-state index contributed by atoms with van der Waals surface area (Å²) in [5.74, 6) is 0. The van der Waals surface area contributed by atoms with E-state index in [2.05, 4.69) is 0 Å². The first-order valence-electron chi connectivity index (χ1n) is 3.20. The van der Waals surface area contributed by atoms with Crippen LogP contribution in [0.3, 0.4) is 0 Å². The Bertz CT molecular complexity index is 109. The Hall–Kier alpha value is -0.553. The molecule has 0 saturated carbocycles. The first-order chi connectivity index (χ1) is 4.68. The van der Waals surface area contributed by atoms with Crippen molar-refractivity contribution in [2.24, 2.45) is 0 Å². The molecule has 0 aliphatic rings. The Labute approximate surface area is 62.8 Å². The largest absolute Gasteiger partial charge is 0.465 e. The highest BCUT2D eigenvalue weighted by atomic mass is 28.2. The van der Waals surface area contributed by atoms with E-state index in [1.54, 1.807) is 0 Å². The van der Waals surface area contributed by atoms with Gasteiger partial charge in [0.05, 0.1) is 0 Å². The van der Waals surface area contributed by atoms with Gasteiger partial charge >= 0.3 is 6.09 Å². The molecule has 5 heteroatoms. The van der Waals surface area contributed by atoms with E-state index in [0.29, 0.717) is 6.61 Å². The van der Waals surface area contributed by atoms with Gasteiger partial charge in [0, 0.05) is 13.7 Å². The number of hydrogen-bond acceptors (Lipinski definition) is 2. The van der Waals surface area contributed by atoms with Crippen LogP contribution in [0.25, 0.3) is 0 Å². The maximum absolute atomic E-state index is 10.2. The molecule has 10 heavy (non-hydrogen) atoms. The molecular weight excluding hydrogens is 150 g/mol. The average Bonchev–Trinajstić information content (AvgIpc) is 1.88. The maximum Gasteiger partial charge on any atom is 0.400 e. The van der Waals surface area contributed by atoms with Gasteiger partial charge in [-0.05, 0) is 6.42 Å². The molecule has 4 nitrogen and oxygen atoms in total. The lowest BCUT2D eigenvalue weighted by molar-refractivity contribution is 0.171. The van der Waals surface area contributed by atoms with Crippen LogP contribution in [0.1, 0.15) is 13.3 Å². The molecule has 1 amide bonds. The molecule has 0 aliphatic heterocycles. The van der Waals surface area contributed by atoms with Gasteiger partial charge in [-0.15, -0.1) is 0 Å². The molecule has 0 saturated heterocycles. The molecule has 0 fully saturated rings. The number of nitrogens with zero attached hydrogens (tertiary/aromatic N) is 1. The van der Waals surface area contributed by atoms with E-state index in [-0.39, 0.29) is 0 Å². The minimum atomic E-state index is -0.989. The third kappa shape index (κ3) is 4.34. The second-order valence-electron chi connectivity index (χ2n) is 2.02.